The Kier molecular flexibility index (Phi) is 1.57. The summed E-state index contributed by atoms with van der Waals surface area (Å²) in [6, 6.07) is 12.6. The molecule has 3 rings (SSSR count). The first-order chi connectivity index (χ1) is 7.27. The van der Waals surface area contributed by atoms with Gasteiger partial charge in [0, 0.05) is 5.39 Å². The van der Waals surface area contributed by atoms with E-state index in [4.69, 9.17) is 0 Å². The van der Waals surface area contributed by atoms with Gasteiger partial charge in [0.2, 0.25) is 5.52 Å². The van der Waals surface area contributed by atoms with Crippen molar-refractivity contribution in [3.63, 3.8) is 0 Å². The summed E-state index contributed by atoms with van der Waals surface area (Å²) in [5.74, 6) is 0. The first-order valence-electron chi connectivity index (χ1n) is 4.98. The van der Waals surface area contributed by atoms with Crippen molar-refractivity contribution in [2.24, 2.45) is 14.1 Å². The molecule has 3 heteroatoms. The van der Waals surface area contributed by atoms with Crippen LogP contribution in [-0.2, 0) is 14.1 Å². The third-order valence-electron chi connectivity index (χ3n) is 2.82. The van der Waals surface area contributed by atoms with Crippen LogP contribution in [0.1, 0.15) is 0 Å². The molecule has 3 nitrogen and oxygen atoms in total. The number of hydrogen-bond acceptors (Lipinski definition) is 1. The topological polar surface area (TPSA) is 21.7 Å². The fraction of sp³-hybridized carbons (Fsp3) is 0.167. The summed E-state index contributed by atoms with van der Waals surface area (Å²) in [5.41, 5.74) is 2.35. The van der Waals surface area contributed by atoms with Gasteiger partial charge in [-0.05, 0) is 23.6 Å². The van der Waals surface area contributed by atoms with E-state index in [0.29, 0.717) is 0 Å². The normalized spacial score (nSPS) is 11.3. The van der Waals surface area contributed by atoms with Crippen molar-refractivity contribution < 1.29 is 4.68 Å². The van der Waals surface area contributed by atoms with E-state index < -0.39 is 0 Å². The van der Waals surface area contributed by atoms with Crippen molar-refractivity contribution in [1.82, 2.24) is 9.90 Å². The minimum atomic E-state index is 1.16. The van der Waals surface area contributed by atoms with Gasteiger partial charge in [-0.3, -0.25) is 0 Å². The molecule has 0 saturated carbocycles. The van der Waals surface area contributed by atoms with Gasteiger partial charge in [-0.1, -0.05) is 18.2 Å². The zero-order valence-corrected chi connectivity index (χ0v) is 8.81. The summed E-state index contributed by atoms with van der Waals surface area (Å²) in [4.78, 5) is 0. The van der Waals surface area contributed by atoms with E-state index in [-0.39, 0.29) is 0 Å². The Balaban J connectivity index is 2.64. The highest BCUT2D eigenvalue weighted by atomic mass is 15.5. The predicted molar refractivity (Wildman–Crippen MR) is 59.4 cm³/mol. The van der Waals surface area contributed by atoms with E-state index in [1.807, 2.05) is 23.5 Å². The molecule has 0 saturated heterocycles. The van der Waals surface area contributed by atoms with Crippen LogP contribution in [0.4, 0.5) is 0 Å². The molecular weight excluding hydrogens is 186 g/mol. The van der Waals surface area contributed by atoms with Crippen LogP contribution in [0.3, 0.4) is 0 Å². The first-order valence-corrected chi connectivity index (χ1v) is 4.98. The van der Waals surface area contributed by atoms with Gasteiger partial charge in [0.25, 0.3) is 0 Å². The molecule has 0 aliphatic rings. The van der Waals surface area contributed by atoms with Crippen molar-refractivity contribution in [3.8, 4) is 0 Å². The van der Waals surface area contributed by atoms with Crippen molar-refractivity contribution in [3.05, 3.63) is 36.4 Å². The van der Waals surface area contributed by atoms with Gasteiger partial charge in [-0.15, -0.1) is 9.36 Å². The standard InChI is InChI=1S/C12H12N3/c1-14-11-8-7-9-5-3-4-6-10(9)12(11)15(2)13-14/h3-8H,1-2H3/q+1. The Bertz CT molecular complexity index is 652. The molecule has 0 atom stereocenters. The maximum absolute atomic E-state index is 4.37. The third kappa shape index (κ3) is 1.06. The van der Waals surface area contributed by atoms with Crippen molar-refractivity contribution >= 4 is 21.8 Å². The highest BCUT2D eigenvalue weighted by Crippen LogP contribution is 2.21. The molecular formula is C12H12N3+. The average Bonchev–Trinajstić information content (AvgIpc) is 2.55. The summed E-state index contributed by atoms with van der Waals surface area (Å²) in [7, 11) is 3.95. The Labute approximate surface area is 87.5 Å². The number of aryl methyl sites for hydroxylation is 2. The number of aromatic nitrogens is 3. The molecule has 0 amide bonds. The Morgan fingerprint density at radius 2 is 1.93 bits per heavy atom. The monoisotopic (exact) mass is 198 g/mol. The molecule has 1 aromatic heterocycles. The Hall–Kier alpha value is -1.90. The molecule has 0 radical (unpaired) electrons. The summed E-state index contributed by atoms with van der Waals surface area (Å²) in [6.07, 6.45) is 0. The zero-order chi connectivity index (χ0) is 10.4. The SMILES string of the molecule is Cn1n[n+](C)c2c3ccccc3ccc21. The zero-order valence-electron chi connectivity index (χ0n) is 8.81. The number of rotatable bonds is 0. The van der Waals surface area contributed by atoms with Crippen LogP contribution in [-0.4, -0.2) is 9.90 Å². The van der Waals surface area contributed by atoms with Gasteiger partial charge in [0.05, 0.1) is 5.21 Å². The average molecular weight is 198 g/mol. The molecule has 0 aliphatic heterocycles. The van der Waals surface area contributed by atoms with E-state index in [2.05, 4.69) is 41.6 Å². The van der Waals surface area contributed by atoms with Gasteiger partial charge in [0.15, 0.2) is 5.52 Å². The Morgan fingerprint density at radius 3 is 2.80 bits per heavy atom. The summed E-state index contributed by atoms with van der Waals surface area (Å²) in [6.45, 7) is 0. The number of benzene rings is 2. The second-order valence-electron chi connectivity index (χ2n) is 3.79. The van der Waals surface area contributed by atoms with Crippen LogP contribution in [0.25, 0.3) is 21.8 Å². The molecule has 0 spiro atoms. The summed E-state index contributed by atoms with van der Waals surface area (Å²) < 4.78 is 3.83. The van der Waals surface area contributed by atoms with E-state index in [1.54, 1.807) is 0 Å². The lowest BCUT2D eigenvalue weighted by Crippen LogP contribution is -2.31. The molecule has 0 unspecified atom stereocenters. The fourth-order valence-corrected chi connectivity index (χ4v) is 2.14. The molecule has 2 aromatic carbocycles. The van der Waals surface area contributed by atoms with E-state index in [0.717, 1.165) is 5.52 Å². The van der Waals surface area contributed by atoms with E-state index in [1.165, 1.54) is 16.3 Å². The van der Waals surface area contributed by atoms with Crippen LogP contribution in [0.5, 0.6) is 0 Å². The lowest BCUT2D eigenvalue weighted by molar-refractivity contribution is -0.708. The summed E-state index contributed by atoms with van der Waals surface area (Å²) >= 11 is 0. The largest absolute Gasteiger partial charge is 0.205 e. The minimum absolute atomic E-state index is 1.16. The van der Waals surface area contributed by atoms with Gasteiger partial charge in [0.1, 0.15) is 14.1 Å². The van der Waals surface area contributed by atoms with Crippen LogP contribution in [0.15, 0.2) is 36.4 Å². The summed E-state index contributed by atoms with van der Waals surface area (Å²) in [5, 5.41) is 6.89. The van der Waals surface area contributed by atoms with Crippen LogP contribution >= 0.6 is 0 Å². The van der Waals surface area contributed by atoms with Crippen molar-refractivity contribution in [1.29, 1.82) is 0 Å². The quantitative estimate of drug-likeness (QED) is 0.502. The maximum Gasteiger partial charge on any atom is 0.205 e. The van der Waals surface area contributed by atoms with Gasteiger partial charge in [-0.25, -0.2) is 0 Å². The number of nitrogens with zero attached hydrogens (tertiary/aromatic N) is 3. The van der Waals surface area contributed by atoms with E-state index in [9.17, 15) is 0 Å². The molecule has 15 heavy (non-hydrogen) atoms. The van der Waals surface area contributed by atoms with Gasteiger partial charge >= 0.3 is 0 Å². The van der Waals surface area contributed by atoms with Crippen LogP contribution < -0.4 is 4.68 Å². The molecule has 1 heterocycles. The third-order valence-corrected chi connectivity index (χ3v) is 2.82. The molecule has 0 N–H and O–H groups in total. The lowest BCUT2D eigenvalue weighted by Gasteiger charge is -1.95. The first kappa shape index (κ1) is 8.41. The van der Waals surface area contributed by atoms with Crippen molar-refractivity contribution in [2.75, 3.05) is 0 Å². The van der Waals surface area contributed by atoms with E-state index >= 15 is 0 Å². The molecule has 0 aliphatic carbocycles. The molecule has 0 fully saturated rings. The molecule has 74 valence electrons. The smallest absolute Gasteiger partial charge is 0.132 e. The van der Waals surface area contributed by atoms with Crippen LogP contribution in [0.2, 0.25) is 0 Å². The second kappa shape index (κ2) is 2.79. The molecule has 3 aromatic rings. The Morgan fingerprint density at radius 1 is 1.13 bits per heavy atom. The number of hydrogen-bond donors (Lipinski definition) is 0. The number of fused-ring (bicyclic) bond motifs is 3. The van der Waals surface area contributed by atoms with Gasteiger partial charge < -0.3 is 0 Å². The van der Waals surface area contributed by atoms with Crippen molar-refractivity contribution in [2.45, 2.75) is 0 Å². The fourth-order valence-electron chi connectivity index (χ4n) is 2.14. The predicted octanol–water partition coefficient (Wildman–Crippen LogP) is 1.55. The maximum atomic E-state index is 4.37. The highest BCUT2D eigenvalue weighted by Gasteiger charge is 2.14. The minimum Gasteiger partial charge on any atom is -0.132 e. The van der Waals surface area contributed by atoms with Gasteiger partial charge in [-0.2, -0.15) is 0 Å². The molecule has 0 bridgehead atoms. The highest BCUT2D eigenvalue weighted by molar-refractivity contribution is 6.02. The second-order valence-corrected chi connectivity index (χ2v) is 3.79. The van der Waals surface area contributed by atoms with Crippen LogP contribution in [0, 0.1) is 0 Å². The lowest BCUT2D eigenvalue weighted by atomic mass is 10.1.